The zero-order valence-corrected chi connectivity index (χ0v) is 14.9. The van der Waals surface area contributed by atoms with Crippen molar-refractivity contribution in [3.63, 3.8) is 0 Å². The molecule has 0 aliphatic rings. The van der Waals surface area contributed by atoms with E-state index in [0.717, 1.165) is 28.8 Å². The quantitative estimate of drug-likeness (QED) is 0.383. The van der Waals surface area contributed by atoms with Crippen molar-refractivity contribution in [3.8, 4) is 0 Å². The Morgan fingerprint density at radius 3 is 2.48 bits per heavy atom. The smallest absolute Gasteiger partial charge is 0.0543 e. The molecule has 0 spiro atoms. The van der Waals surface area contributed by atoms with Gasteiger partial charge in [-0.15, -0.1) is 17.7 Å². The number of nitrogens with one attached hydrogen (secondary N) is 1. The van der Waals surface area contributed by atoms with E-state index >= 15 is 0 Å². The number of allylic oxidation sites excluding steroid dienone is 1. The van der Waals surface area contributed by atoms with Gasteiger partial charge in [-0.2, -0.15) is 0 Å². The Labute approximate surface area is 144 Å². The minimum Gasteiger partial charge on any atom is -0.378 e. The lowest BCUT2D eigenvalue weighted by Gasteiger charge is -2.22. The van der Waals surface area contributed by atoms with Crippen LogP contribution in [0.1, 0.15) is 36.0 Å². The zero-order valence-electron chi connectivity index (χ0n) is 14.0. The number of nitrogens with two attached hydrogens (primary N) is 1. The molecular weight excluding hydrogens is 308 g/mol. The van der Waals surface area contributed by atoms with E-state index < -0.39 is 0 Å². The third kappa shape index (κ3) is 5.58. The van der Waals surface area contributed by atoms with Crippen LogP contribution in [0.25, 0.3) is 11.8 Å². The van der Waals surface area contributed by atoms with Gasteiger partial charge in [-0.25, -0.2) is 5.43 Å². The minimum atomic E-state index is 0.0234. The lowest BCUT2D eigenvalue weighted by atomic mass is 9.90. The highest BCUT2D eigenvalue weighted by Gasteiger charge is 2.16. The summed E-state index contributed by atoms with van der Waals surface area (Å²) < 4.78 is 0. The molecule has 0 aromatic heterocycles. The van der Waals surface area contributed by atoms with Crippen molar-refractivity contribution in [2.24, 2.45) is 10.4 Å². The molecule has 6 heteroatoms. The first-order valence-corrected chi connectivity index (χ1v) is 7.63. The lowest BCUT2D eigenvalue weighted by molar-refractivity contribution is 0.593. The summed E-state index contributed by atoms with van der Waals surface area (Å²) >= 11 is 3.03. The van der Waals surface area contributed by atoms with Crippen molar-refractivity contribution in [1.82, 2.24) is 10.3 Å². The van der Waals surface area contributed by atoms with Gasteiger partial charge < -0.3 is 4.90 Å². The molecule has 126 valence electrons. The van der Waals surface area contributed by atoms with E-state index in [2.05, 4.69) is 54.5 Å². The maximum Gasteiger partial charge on any atom is 0.0543 e. The van der Waals surface area contributed by atoms with Crippen LogP contribution in [-0.4, -0.2) is 19.0 Å². The molecule has 1 unspecified atom stereocenters. The Kier molecular flexibility index (Phi) is 9.69. The van der Waals surface area contributed by atoms with E-state index in [-0.39, 0.29) is 5.92 Å². The first kappa shape index (κ1) is 20.9. The van der Waals surface area contributed by atoms with Crippen LogP contribution in [0.4, 0.5) is 0 Å². The molecule has 0 amide bonds. The fourth-order valence-electron chi connectivity index (χ4n) is 2.28. The van der Waals surface area contributed by atoms with Crippen LogP contribution < -0.4 is 10.6 Å². The fraction of sp³-hybridized carbons (Fsp3) is 0.294. The van der Waals surface area contributed by atoms with E-state index in [1.807, 2.05) is 44.1 Å². The van der Waals surface area contributed by atoms with Crippen LogP contribution in [0.3, 0.4) is 0 Å². The van der Waals surface area contributed by atoms with Crippen molar-refractivity contribution >= 4 is 24.6 Å². The number of nitroso groups, excluding NO2 is 1. The first-order chi connectivity index (χ1) is 11.0. The zero-order chi connectivity index (χ0) is 18.0. The second-order valence-corrected chi connectivity index (χ2v) is 5.08. The van der Waals surface area contributed by atoms with E-state index in [4.69, 9.17) is 0 Å². The summed E-state index contributed by atoms with van der Waals surface area (Å²) in [4.78, 5) is 12.3. The summed E-state index contributed by atoms with van der Waals surface area (Å²) in [5.41, 5.74) is 7.05. The van der Waals surface area contributed by atoms with Crippen molar-refractivity contribution in [1.29, 1.82) is 0 Å². The van der Waals surface area contributed by atoms with Crippen molar-refractivity contribution in [3.05, 3.63) is 65.2 Å². The van der Waals surface area contributed by atoms with Crippen LogP contribution in [0.2, 0.25) is 0 Å². The summed E-state index contributed by atoms with van der Waals surface area (Å²) in [6, 6.07) is 6.11. The highest BCUT2D eigenvalue weighted by molar-refractivity contribution is 7.77. The molecule has 0 aliphatic heterocycles. The summed E-state index contributed by atoms with van der Waals surface area (Å²) in [5, 5.41) is 6.90. The predicted molar refractivity (Wildman–Crippen MR) is 104 cm³/mol. The normalized spacial score (nSPS) is 10.7. The molecule has 23 heavy (non-hydrogen) atoms. The van der Waals surface area contributed by atoms with E-state index in [9.17, 15) is 4.91 Å². The Bertz CT molecular complexity index is 570. The standard InChI is InChI=1S/C17H23N3O.H3NS/c1-7-14-9-10-15(11-17(14)13(4)20(5)6)16(8-2)12(3)18-19-21;1-2/h7,9-11,16H,1,3-4,8H2,2,5-6H3,(H,18,21);2H,1H2. The third-order valence-corrected chi connectivity index (χ3v) is 3.57. The van der Waals surface area contributed by atoms with E-state index in [1.54, 1.807) is 0 Å². The molecule has 0 heterocycles. The summed E-state index contributed by atoms with van der Waals surface area (Å²) in [6.07, 6.45) is 2.64. The molecule has 0 fully saturated rings. The van der Waals surface area contributed by atoms with Gasteiger partial charge in [-0.3, -0.25) is 5.14 Å². The largest absolute Gasteiger partial charge is 0.378 e. The van der Waals surface area contributed by atoms with Crippen LogP contribution >= 0.6 is 12.8 Å². The molecule has 0 aliphatic carbocycles. The van der Waals surface area contributed by atoms with Gasteiger partial charge in [0.1, 0.15) is 0 Å². The van der Waals surface area contributed by atoms with Crippen molar-refractivity contribution in [2.45, 2.75) is 19.3 Å². The van der Waals surface area contributed by atoms with Gasteiger partial charge in [0.25, 0.3) is 0 Å². The second-order valence-electron chi connectivity index (χ2n) is 5.08. The molecule has 1 aromatic rings. The number of hydrogen-bond donors (Lipinski definition) is 3. The molecule has 1 rings (SSSR count). The van der Waals surface area contributed by atoms with Gasteiger partial charge in [0.15, 0.2) is 0 Å². The molecule has 0 saturated heterocycles. The van der Waals surface area contributed by atoms with Crippen LogP contribution in [0.5, 0.6) is 0 Å². The van der Waals surface area contributed by atoms with Gasteiger partial charge in [0.05, 0.1) is 5.29 Å². The van der Waals surface area contributed by atoms with Crippen LogP contribution in [0, 0.1) is 4.91 Å². The Hall–Kier alpha value is -2.05. The Morgan fingerprint density at radius 1 is 1.43 bits per heavy atom. The third-order valence-electron chi connectivity index (χ3n) is 3.57. The van der Waals surface area contributed by atoms with Crippen LogP contribution in [0.15, 0.2) is 48.9 Å². The van der Waals surface area contributed by atoms with Gasteiger partial charge in [0.2, 0.25) is 0 Å². The molecule has 0 bridgehead atoms. The number of benzene rings is 1. The number of nitrogens with zero attached hydrogens (tertiary/aromatic N) is 2. The van der Waals surface area contributed by atoms with Gasteiger partial charge in [-0.1, -0.05) is 44.9 Å². The molecule has 0 saturated carbocycles. The highest BCUT2D eigenvalue weighted by atomic mass is 32.1. The van der Waals surface area contributed by atoms with Gasteiger partial charge in [-0.05, 0) is 23.6 Å². The summed E-state index contributed by atoms with van der Waals surface area (Å²) in [6.45, 7) is 13.9. The average molecular weight is 334 g/mol. The molecule has 5 nitrogen and oxygen atoms in total. The van der Waals surface area contributed by atoms with Crippen molar-refractivity contribution < 1.29 is 0 Å². The van der Waals surface area contributed by atoms with E-state index in [0.29, 0.717) is 5.70 Å². The average Bonchev–Trinajstić information content (AvgIpc) is 2.56. The summed E-state index contributed by atoms with van der Waals surface area (Å²) in [7, 11) is 3.91. The predicted octanol–water partition coefficient (Wildman–Crippen LogP) is 3.93. The molecule has 1 atom stereocenters. The lowest BCUT2D eigenvalue weighted by Crippen LogP contribution is -2.14. The Balaban J connectivity index is 0.00000232. The minimum absolute atomic E-state index is 0.0234. The van der Waals surface area contributed by atoms with Crippen LogP contribution in [-0.2, 0) is 0 Å². The number of hydrogen-bond acceptors (Lipinski definition) is 5. The Morgan fingerprint density at radius 2 is 2.04 bits per heavy atom. The van der Waals surface area contributed by atoms with E-state index in [1.165, 1.54) is 0 Å². The molecule has 3 N–H and O–H groups in total. The number of rotatable bonds is 8. The highest BCUT2D eigenvalue weighted by Crippen LogP contribution is 2.30. The fourth-order valence-corrected chi connectivity index (χ4v) is 2.28. The number of thiol groups is 1. The molecule has 1 aromatic carbocycles. The monoisotopic (exact) mass is 334 g/mol. The maximum absolute atomic E-state index is 10.4. The topological polar surface area (TPSA) is 70.7 Å². The summed E-state index contributed by atoms with van der Waals surface area (Å²) in [5.74, 6) is 0.0234. The second kappa shape index (κ2) is 10.6. The maximum atomic E-state index is 10.4. The first-order valence-electron chi connectivity index (χ1n) is 7.12. The van der Waals surface area contributed by atoms with Gasteiger partial charge in [0, 0.05) is 37.0 Å². The molecule has 0 radical (unpaired) electrons. The van der Waals surface area contributed by atoms with Crippen molar-refractivity contribution in [2.75, 3.05) is 14.1 Å². The SMILES string of the molecule is C=Cc1ccc(C(CC)C(=C)NN=O)cc1C(=C)N(C)C.NS. The van der Waals surface area contributed by atoms with Gasteiger partial charge >= 0.3 is 0 Å². The molecular formula is C17H26N4OS.